The molecule has 3 rings (SSSR count). The van der Waals surface area contributed by atoms with Crippen molar-refractivity contribution in [3.05, 3.63) is 69.2 Å². The van der Waals surface area contributed by atoms with E-state index in [1.807, 2.05) is 30.3 Å². The molecular weight excluding hydrogens is 370 g/mol. The van der Waals surface area contributed by atoms with E-state index in [1.54, 1.807) is 17.0 Å². The van der Waals surface area contributed by atoms with E-state index in [9.17, 15) is 20.0 Å². The number of nitro benzene ring substituents is 1. The second-order valence-corrected chi connectivity index (χ2v) is 6.94. The number of rotatable bonds is 6. The molecule has 1 N–H and O–H groups in total. The second-order valence-electron chi connectivity index (χ2n) is 6.53. The van der Waals surface area contributed by atoms with E-state index < -0.39 is 10.9 Å². The maximum Gasteiger partial charge on any atom is 0.310 e. The molecule has 1 fully saturated rings. The van der Waals surface area contributed by atoms with Gasteiger partial charge in [-0.1, -0.05) is 48.0 Å². The van der Waals surface area contributed by atoms with Crippen LogP contribution in [-0.4, -0.2) is 46.6 Å². The first-order valence-corrected chi connectivity index (χ1v) is 9.01. The Morgan fingerprint density at radius 2 is 1.93 bits per heavy atom. The van der Waals surface area contributed by atoms with Crippen LogP contribution in [0.15, 0.2) is 48.5 Å². The molecular formula is C19H20ClN3O4. The van der Waals surface area contributed by atoms with E-state index in [2.05, 4.69) is 4.90 Å². The molecule has 0 radical (unpaired) electrons. The highest BCUT2D eigenvalue weighted by molar-refractivity contribution is 6.33. The van der Waals surface area contributed by atoms with Gasteiger partial charge in [-0.05, 0) is 17.7 Å². The smallest absolute Gasteiger partial charge is 0.310 e. The van der Waals surface area contributed by atoms with Crippen molar-refractivity contribution in [2.24, 2.45) is 0 Å². The zero-order valence-corrected chi connectivity index (χ0v) is 15.4. The van der Waals surface area contributed by atoms with Crippen molar-refractivity contribution >= 4 is 28.9 Å². The van der Waals surface area contributed by atoms with Crippen LogP contribution < -0.4 is 4.90 Å². The number of anilines is 1. The Bertz CT molecular complexity index is 831. The molecule has 1 atom stereocenters. The SMILES string of the molecule is O=C(O)CC1CN(Cc2ccccc2)CCN1c1cccc(Cl)c1[N+](=O)[O-]. The van der Waals surface area contributed by atoms with Crippen LogP contribution in [0.1, 0.15) is 12.0 Å². The second kappa shape index (κ2) is 8.37. The van der Waals surface area contributed by atoms with Crippen LogP contribution >= 0.6 is 11.6 Å². The standard InChI is InChI=1S/C19H20ClN3O4/c20-16-7-4-8-17(19(16)23(26)27)22-10-9-21(13-15(22)11-18(24)25)12-14-5-2-1-3-6-14/h1-8,15H,9-13H2,(H,24,25). The summed E-state index contributed by atoms with van der Waals surface area (Å²) in [5.74, 6) is -0.934. The van der Waals surface area contributed by atoms with Crippen molar-refractivity contribution in [1.29, 1.82) is 0 Å². The molecule has 2 aromatic rings. The molecule has 8 heteroatoms. The number of benzene rings is 2. The Labute approximate surface area is 161 Å². The summed E-state index contributed by atoms with van der Waals surface area (Å²) in [6, 6.07) is 14.3. The number of carboxylic acid groups (broad SMARTS) is 1. The molecule has 0 saturated carbocycles. The average Bonchev–Trinajstić information content (AvgIpc) is 2.62. The van der Waals surface area contributed by atoms with Crippen LogP contribution in [0.2, 0.25) is 5.02 Å². The van der Waals surface area contributed by atoms with E-state index in [0.29, 0.717) is 31.9 Å². The number of hydrogen-bond donors (Lipinski definition) is 1. The largest absolute Gasteiger partial charge is 0.481 e. The molecule has 0 bridgehead atoms. The molecule has 27 heavy (non-hydrogen) atoms. The Morgan fingerprint density at radius 1 is 1.19 bits per heavy atom. The maximum absolute atomic E-state index is 11.5. The Balaban J connectivity index is 1.85. The van der Waals surface area contributed by atoms with Gasteiger partial charge in [0.15, 0.2) is 0 Å². The van der Waals surface area contributed by atoms with Crippen molar-refractivity contribution in [1.82, 2.24) is 4.90 Å². The van der Waals surface area contributed by atoms with Gasteiger partial charge < -0.3 is 10.0 Å². The van der Waals surface area contributed by atoms with Crippen molar-refractivity contribution < 1.29 is 14.8 Å². The number of halogens is 1. The van der Waals surface area contributed by atoms with Crippen molar-refractivity contribution in [3.8, 4) is 0 Å². The fourth-order valence-corrected chi connectivity index (χ4v) is 3.75. The van der Waals surface area contributed by atoms with Crippen LogP contribution in [-0.2, 0) is 11.3 Å². The summed E-state index contributed by atoms with van der Waals surface area (Å²) >= 11 is 6.04. The van der Waals surface area contributed by atoms with Crippen LogP contribution in [0, 0.1) is 10.1 Å². The van der Waals surface area contributed by atoms with Gasteiger partial charge in [-0.15, -0.1) is 0 Å². The zero-order chi connectivity index (χ0) is 19.4. The lowest BCUT2D eigenvalue weighted by Crippen LogP contribution is -2.53. The van der Waals surface area contributed by atoms with E-state index in [1.165, 1.54) is 6.07 Å². The summed E-state index contributed by atoms with van der Waals surface area (Å²) in [5.41, 5.74) is 1.35. The molecule has 0 aliphatic carbocycles. The summed E-state index contributed by atoms with van der Waals surface area (Å²) in [5, 5.41) is 20.9. The molecule has 1 heterocycles. The van der Waals surface area contributed by atoms with Crippen LogP contribution in [0.4, 0.5) is 11.4 Å². The van der Waals surface area contributed by atoms with Gasteiger partial charge in [0.2, 0.25) is 0 Å². The summed E-state index contributed by atoms with van der Waals surface area (Å²) in [6.07, 6.45) is -0.102. The molecule has 2 aromatic carbocycles. The topological polar surface area (TPSA) is 86.9 Å². The number of carboxylic acids is 1. The average molecular weight is 390 g/mol. The minimum absolute atomic E-state index is 0.0540. The van der Waals surface area contributed by atoms with Gasteiger partial charge in [-0.2, -0.15) is 0 Å². The minimum Gasteiger partial charge on any atom is -0.481 e. The molecule has 0 spiro atoms. The lowest BCUT2D eigenvalue weighted by Gasteiger charge is -2.42. The van der Waals surface area contributed by atoms with E-state index >= 15 is 0 Å². The van der Waals surface area contributed by atoms with Gasteiger partial charge in [0.05, 0.1) is 17.4 Å². The highest BCUT2D eigenvalue weighted by Crippen LogP contribution is 2.37. The number of nitrogens with zero attached hydrogens (tertiary/aromatic N) is 3. The summed E-state index contributed by atoms with van der Waals surface area (Å²) in [7, 11) is 0. The van der Waals surface area contributed by atoms with Gasteiger partial charge in [-0.3, -0.25) is 19.8 Å². The molecule has 0 aromatic heterocycles. The van der Waals surface area contributed by atoms with Gasteiger partial charge in [0, 0.05) is 26.2 Å². The van der Waals surface area contributed by atoms with Gasteiger partial charge in [0.25, 0.3) is 0 Å². The number of carbonyl (C=O) groups is 1. The van der Waals surface area contributed by atoms with Crippen LogP contribution in [0.3, 0.4) is 0 Å². The van der Waals surface area contributed by atoms with Crippen LogP contribution in [0.5, 0.6) is 0 Å². The first kappa shape index (κ1) is 19.1. The summed E-state index contributed by atoms with van der Waals surface area (Å²) < 4.78 is 0. The fraction of sp³-hybridized carbons (Fsp3) is 0.316. The first-order valence-electron chi connectivity index (χ1n) is 8.63. The minimum atomic E-state index is -0.934. The predicted octanol–water partition coefficient (Wildman–Crippen LogP) is 3.41. The molecule has 7 nitrogen and oxygen atoms in total. The number of aliphatic carboxylic acids is 1. The lowest BCUT2D eigenvalue weighted by molar-refractivity contribution is -0.384. The Morgan fingerprint density at radius 3 is 2.59 bits per heavy atom. The number of para-hydroxylation sites is 1. The van der Waals surface area contributed by atoms with Gasteiger partial charge in [-0.25, -0.2) is 0 Å². The summed E-state index contributed by atoms with van der Waals surface area (Å²) in [6.45, 7) is 2.38. The van der Waals surface area contributed by atoms with E-state index in [-0.39, 0.29) is 23.2 Å². The zero-order valence-electron chi connectivity index (χ0n) is 14.6. The number of hydrogen-bond acceptors (Lipinski definition) is 5. The van der Waals surface area contributed by atoms with Crippen LogP contribution in [0.25, 0.3) is 0 Å². The number of piperazine rings is 1. The van der Waals surface area contributed by atoms with E-state index in [0.717, 1.165) is 5.56 Å². The van der Waals surface area contributed by atoms with Crippen molar-refractivity contribution in [2.45, 2.75) is 19.0 Å². The van der Waals surface area contributed by atoms with Gasteiger partial charge in [0.1, 0.15) is 10.7 Å². The molecule has 1 aliphatic rings. The normalized spacial score (nSPS) is 17.7. The fourth-order valence-electron chi connectivity index (χ4n) is 3.51. The predicted molar refractivity (Wildman–Crippen MR) is 103 cm³/mol. The van der Waals surface area contributed by atoms with Crippen molar-refractivity contribution in [2.75, 3.05) is 24.5 Å². The Kier molecular flexibility index (Phi) is 5.93. The highest BCUT2D eigenvalue weighted by Gasteiger charge is 2.33. The monoisotopic (exact) mass is 389 g/mol. The first-order chi connectivity index (χ1) is 13.0. The molecule has 0 amide bonds. The van der Waals surface area contributed by atoms with Gasteiger partial charge >= 0.3 is 11.7 Å². The third kappa shape index (κ3) is 4.56. The third-order valence-corrected chi connectivity index (χ3v) is 4.99. The third-order valence-electron chi connectivity index (χ3n) is 4.68. The molecule has 142 valence electrons. The molecule has 1 saturated heterocycles. The molecule has 1 aliphatic heterocycles. The molecule has 1 unspecified atom stereocenters. The lowest BCUT2D eigenvalue weighted by atomic mass is 10.1. The van der Waals surface area contributed by atoms with Crippen molar-refractivity contribution in [3.63, 3.8) is 0 Å². The number of nitro groups is 1. The summed E-state index contributed by atoms with van der Waals surface area (Å²) in [4.78, 5) is 26.4. The Hall–Kier alpha value is -2.64. The maximum atomic E-state index is 11.5. The van der Waals surface area contributed by atoms with E-state index in [4.69, 9.17) is 11.6 Å². The highest BCUT2D eigenvalue weighted by atomic mass is 35.5. The quantitative estimate of drug-likeness (QED) is 0.601.